The van der Waals surface area contributed by atoms with Crippen LogP contribution < -0.4 is 5.73 Å². The van der Waals surface area contributed by atoms with Gasteiger partial charge in [0.05, 0.1) is 3.79 Å². The van der Waals surface area contributed by atoms with E-state index in [0.717, 1.165) is 6.54 Å². The summed E-state index contributed by atoms with van der Waals surface area (Å²) < 4.78 is 1.18. The van der Waals surface area contributed by atoms with E-state index in [2.05, 4.69) is 71.4 Å². The second-order valence-corrected chi connectivity index (χ2v) is 7.56. The number of rotatable bonds is 5. The number of hydrogen-bond donors (Lipinski definition) is 1. The third kappa shape index (κ3) is 3.70. The molecule has 0 amide bonds. The fraction of sp³-hybridized carbons (Fsp3) is 0.375. The normalized spacial score (nSPS) is 12.9. The van der Waals surface area contributed by atoms with Gasteiger partial charge in [0.15, 0.2) is 0 Å². The quantitative estimate of drug-likeness (QED) is 0.870. The summed E-state index contributed by atoms with van der Waals surface area (Å²) in [5.41, 5.74) is 11.3. The molecule has 20 heavy (non-hydrogen) atoms. The second-order valence-electron chi connectivity index (χ2n) is 5.27. The second kappa shape index (κ2) is 6.85. The van der Waals surface area contributed by atoms with Crippen molar-refractivity contribution in [1.29, 1.82) is 0 Å². The van der Waals surface area contributed by atoms with Crippen molar-refractivity contribution in [1.82, 2.24) is 4.90 Å². The summed E-state index contributed by atoms with van der Waals surface area (Å²) in [6.45, 7) is 5.84. The lowest BCUT2D eigenvalue weighted by atomic mass is 10.00. The van der Waals surface area contributed by atoms with Crippen LogP contribution in [0.4, 0.5) is 0 Å². The molecule has 1 aromatic heterocycles. The fourth-order valence-electron chi connectivity index (χ4n) is 2.37. The molecule has 2 N–H and O–H groups in total. The molecule has 1 aromatic carbocycles. The molecule has 0 aliphatic heterocycles. The van der Waals surface area contributed by atoms with Crippen LogP contribution in [-0.4, -0.2) is 18.5 Å². The number of benzene rings is 1. The smallest absolute Gasteiger partial charge is 0.0701 e. The van der Waals surface area contributed by atoms with Crippen LogP contribution in [0.2, 0.25) is 0 Å². The summed E-state index contributed by atoms with van der Waals surface area (Å²) in [5, 5.41) is 2.19. The van der Waals surface area contributed by atoms with Crippen LogP contribution in [0.3, 0.4) is 0 Å². The van der Waals surface area contributed by atoms with Gasteiger partial charge in [0.25, 0.3) is 0 Å². The first kappa shape index (κ1) is 15.7. The van der Waals surface area contributed by atoms with E-state index in [9.17, 15) is 0 Å². The molecule has 2 nitrogen and oxygen atoms in total. The van der Waals surface area contributed by atoms with E-state index in [1.54, 1.807) is 11.3 Å². The number of hydrogen-bond acceptors (Lipinski definition) is 3. The molecular formula is C16H21BrN2S. The van der Waals surface area contributed by atoms with Crippen LogP contribution in [0.25, 0.3) is 0 Å². The van der Waals surface area contributed by atoms with Gasteiger partial charge in [-0.2, -0.15) is 0 Å². The average Bonchev–Trinajstić information content (AvgIpc) is 2.80. The number of nitrogens with two attached hydrogens (primary N) is 1. The van der Waals surface area contributed by atoms with Gasteiger partial charge in [0.2, 0.25) is 0 Å². The zero-order valence-electron chi connectivity index (χ0n) is 12.2. The SMILES string of the molecule is Cc1ccc(C(CN)N(C)Cc2csc(Br)c2)cc1C. The van der Waals surface area contributed by atoms with Crippen molar-refractivity contribution in [2.45, 2.75) is 26.4 Å². The van der Waals surface area contributed by atoms with Crippen molar-refractivity contribution in [3.8, 4) is 0 Å². The minimum Gasteiger partial charge on any atom is -0.329 e. The number of thiophene rings is 1. The predicted molar refractivity (Wildman–Crippen MR) is 91.2 cm³/mol. The Morgan fingerprint density at radius 3 is 2.55 bits per heavy atom. The van der Waals surface area contributed by atoms with Crippen molar-refractivity contribution < 1.29 is 0 Å². The van der Waals surface area contributed by atoms with Crippen molar-refractivity contribution in [3.05, 3.63) is 55.7 Å². The standard InChI is InChI=1S/C16H21BrN2S/c1-11-4-5-14(6-12(11)2)15(8-18)19(3)9-13-7-16(17)20-10-13/h4-7,10,15H,8-9,18H2,1-3H3. The molecule has 1 unspecified atom stereocenters. The van der Waals surface area contributed by atoms with Crippen LogP contribution in [0, 0.1) is 13.8 Å². The Kier molecular flexibility index (Phi) is 5.38. The van der Waals surface area contributed by atoms with Gasteiger partial charge < -0.3 is 5.73 Å². The van der Waals surface area contributed by atoms with Gasteiger partial charge in [-0.25, -0.2) is 0 Å². The van der Waals surface area contributed by atoms with Crippen LogP contribution in [-0.2, 0) is 6.54 Å². The van der Waals surface area contributed by atoms with E-state index in [4.69, 9.17) is 5.73 Å². The van der Waals surface area contributed by atoms with Gasteiger partial charge in [-0.05, 0) is 70.5 Å². The first-order chi connectivity index (χ1) is 9.51. The highest BCUT2D eigenvalue weighted by atomic mass is 79.9. The fourth-order valence-corrected chi connectivity index (χ4v) is 3.57. The Hall–Kier alpha value is -0.680. The maximum Gasteiger partial charge on any atom is 0.0701 e. The minimum absolute atomic E-state index is 0.257. The highest BCUT2D eigenvalue weighted by Crippen LogP contribution is 2.26. The van der Waals surface area contributed by atoms with Gasteiger partial charge >= 0.3 is 0 Å². The lowest BCUT2D eigenvalue weighted by molar-refractivity contribution is 0.242. The molecule has 2 aromatic rings. The monoisotopic (exact) mass is 352 g/mol. The third-order valence-electron chi connectivity index (χ3n) is 3.72. The number of likely N-dealkylation sites (N-methyl/N-ethyl adjacent to an activating group) is 1. The zero-order valence-corrected chi connectivity index (χ0v) is 14.6. The summed E-state index contributed by atoms with van der Waals surface area (Å²) >= 11 is 5.24. The Labute approximate surface area is 133 Å². The number of nitrogens with zero attached hydrogens (tertiary/aromatic N) is 1. The third-order valence-corrected chi connectivity index (χ3v) is 5.28. The molecule has 0 fully saturated rings. The lowest BCUT2D eigenvalue weighted by Crippen LogP contribution is -2.30. The maximum atomic E-state index is 6.00. The van der Waals surface area contributed by atoms with Crippen LogP contribution in [0.15, 0.2) is 33.4 Å². The predicted octanol–water partition coefficient (Wildman–Crippen LogP) is 4.26. The van der Waals surface area contributed by atoms with E-state index in [1.807, 2.05) is 0 Å². The van der Waals surface area contributed by atoms with Crippen LogP contribution in [0.1, 0.15) is 28.3 Å². The highest BCUT2D eigenvalue weighted by Gasteiger charge is 2.16. The van der Waals surface area contributed by atoms with Gasteiger partial charge in [-0.15, -0.1) is 11.3 Å². The van der Waals surface area contributed by atoms with Crippen LogP contribution >= 0.6 is 27.3 Å². The molecule has 0 aliphatic rings. The molecule has 0 bridgehead atoms. The lowest BCUT2D eigenvalue weighted by Gasteiger charge is -2.27. The highest BCUT2D eigenvalue weighted by molar-refractivity contribution is 9.11. The Morgan fingerprint density at radius 2 is 2.00 bits per heavy atom. The van der Waals surface area contributed by atoms with Crippen molar-refractivity contribution >= 4 is 27.3 Å². The molecule has 0 saturated carbocycles. The van der Waals surface area contributed by atoms with E-state index in [0.29, 0.717) is 6.54 Å². The number of aryl methyl sites for hydroxylation is 2. The number of halogens is 1. The summed E-state index contributed by atoms with van der Waals surface area (Å²) in [6.07, 6.45) is 0. The van der Waals surface area contributed by atoms with Crippen molar-refractivity contribution in [2.75, 3.05) is 13.6 Å². The van der Waals surface area contributed by atoms with Crippen molar-refractivity contribution in [3.63, 3.8) is 0 Å². The van der Waals surface area contributed by atoms with E-state index in [-0.39, 0.29) is 6.04 Å². The Bertz CT molecular complexity index is 580. The molecule has 108 valence electrons. The largest absolute Gasteiger partial charge is 0.329 e. The average molecular weight is 353 g/mol. The van der Waals surface area contributed by atoms with Crippen molar-refractivity contribution in [2.24, 2.45) is 5.73 Å². The summed E-state index contributed by atoms with van der Waals surface area (Å²) in [7, 11) is 2.14. The Morgan fingerprint density at radius 1 is 1.25 bits per heavy atom. The molecular weight excluding hydrogens is 332 g/mol. The van der Waals surface area contributed by atoms with Gasteiger partial charge in [0.1, 0.15) is 0 Å². The molecule has 2 rings (SSSR count). The first-order valence-electron chi connectivity index (χ1n) is 6.71. The molecule has 0 aliphatic carbocycles. The summed E-state index contributed by atoms with van der Waals surface area (Å²) in [5.74, 6) is 0. The van der Waals surface area contributed by atoms with Gasteiger partial charge in [-0.1, -0.05) is 18.2 Å². The van der Waals surface area contributed by atoms with Crippen LogP contribution in [0.5, 0.6) is 0 Å². The van der Waals surface area contributed by atoms with Gasteiger partial charge in [0, 0.05) is 19.1 Å². The van der Waals surface area contributed by atoms with E-state index >= 15 is 0 Å². The summed E-state index contributed by atoms with van der Waals surface area (Å²) in [4.78, 5) is 2.32. The van der Waals surface area contributed by atoms with Gasteiger partial charge in [-0.3, -0.25) is 4.90 Å². The minimum atomic E-state index is 0.257. The molecule has 1 atom stereocenters. The zero-order chi connectivity index (χ0) is 14.7. The molecule has 0 saturated heterocycles. The molecule has 0 spiro atoms. The topological polar surface area (TPSA) is 29.3 Å². The van der Waals surface area contributed by atoms with E-state index < -0.39 is 0 Å². The Balaban J connectivity index is 2.16. The molecule has 0 radical (unpaired) electrons. The molecule has 1 heterocycles. The molecule has 4 heteroatoms. The van der Waals surface area contributed by atoms with E-state index in [1.165, 1.54) is 26.0 Å². The summed E-state index contributed by atoms with van der Waals surface area (Å²) in [6, 6.07) is 9.07. The first-order valence-corrected chi connectivity index (χ1v) is 8.39. The maximum absolute atomic E-state index is 6.00.